The molecule has 0 amide bonds. The normalized spacial score (nSPS) is 11.2. The van der Waals surface area contributed by atoms with Gasteiger partial charge in [0.25, 0.3) is 0 Å². The smallest absolute Gasteiger partial charge is 0.169 e. The molecule has 0 aromatic heterocycles. The van der Waals surface area contributed by atoms with Crippen molar-refractivity contribution in [3.8, 4) is 23.0 Å². The molecule has 0 saturated carbocycles. The van der Waals surface area contributed by atoms with Crippen LogP contribution in [0.5, 0.6) is 23.0 Å². The summed E-state index contributed by atoms with van der Waals surface area (Å²) in [5.41, 5.74) is 1.71. The number of phenolic OH excluding ortho intramolecular Hbond substituents is 2. The first-order chi connectivity index (χ1) is 10.9. The summed E-state index contributed by atoms with van der Waals surface area (Å²) in [5, 5.41) is 20.8. The monoisotopic (exact) mass is 314 g/mol. The van der Waals surface area contributed by atoms with Gasteiger partial charge in [-0.25, -0.2) is 0 Å². The Morgan fingerprint density at radius 1 is 0.739 bits per heavy atom. The van der Waals surface area contributed by atoms with Crippen LogP contribution in [0.2, 0.25) is 0 Å². The van der Waals surface area contributed by atoms with Crippen LogP contribution in [0.4, 0.5) is 0 Å². The summed E-state index contributed by atoms with van der Waals surface area (Å²) in [5.74, 6) is 1.93. The van der Waals surface area contributed by atoms with Crippen LogP contribution in [-0.2, 0) is 12.8 Å². The van der Waals surface area contributed by atoms with E-state index in [1.807, 2.05) is 24.3 Å². The summed E-state index contributed by atoms with van der Waals surface area (Å²) >= 11 is 0. The van der Waals surface area contributed by atoms with Crippen molar-refractivity contribution >= 4 is 0 Å². The van der Waals surface area contributed by atoms with Crippen LogP contribution in [0.25, 0.3) is 0 Å². The van der Waals surface area contributed by atoms with E-state index in [2.05, 4.69) is 27.7 Å². The van der Waals surface area contributed by atoms with Gasteiger partial charge in [-0.1, -0.05) is 52.0 Å². The SMILES string of the molecule is CC(C)Cc1cccc(Oc2cccc(CC(C)C)c2O)c1O. The van der Waals surface area contributed by atoms with Crippen LogP contribution < -0.4 is 4.74 Å². The van der Waals surface area contributed by atoms with Crippen molar-refractivity contribution in [3.63, 3.8) is 0 Å². The van der Waals surface area contributed by atoms with Gasteiger partial charge in [-0.3, -0.25) is 0 Å². The second-order valence-corrected chi connectivity index (χ2v) is 6.83. The lowest BCUT2D eigenvalue weighted by atomic mass is 10.0. The molecule has 0 heterocycles. The van der Waals surface area contributed by atoms with Gasteiger partial charge in [-0.15, -0.1) is 0 Å². The maximum Gasteiger partial charge on any atom is 0.169 e. The van der Waals surface area contributed by atoms with Gasteiger partial charge >= 0.3 is 0 Å². The quantitative estimate of drug-likeness (QED) is 0.762. The largest absolute Gasteiger partial charge is 0.504 e. The lowest BCUT2D eigenvalue weighted by molar-refractivity contribution is 0.378. The summed E-state index contributed by atoms with van der Waals surface area (Å²) in [7, 11) is 0. The van der Waals surface area contributed by atoms with Gasteiger partial charge in [0.2, 0.25) is 0 Å². The lowest BCUT2D eigenvalue weighted by Crippen LogP contribution is -1.97. The minimum Gasteiger partial charge on any atom is -0.504 e. The van der Waals surface area contributed by atoms with E-state index in [4.69, 9.17) is 4.74 Å². The second-order valence-electron chi connectivity index (χ2n) is 6.83. The molecule has 0 fully saturated rings. The molecule has 2 rings (SSSR count). The topological polar surface area (TPSA) is 49.7 Å². The highest BCUT2D eigenvalue weighted by Gasteiger charge is 2.14. The number of hydrogen-bond donors (Lipinski definition) is 2. The Morgan fingerprint density at radius 3 is 1.48 bits per heavy atom. The molecule has 124 valence electrons. The van der Waals surface area contributed by atoms with Crippen molar-refractivity contribution in [1.29, 1.82) is 0 Å². The second kappa shape index (κ2) is 7.40. The first-order valence-corrected chi connectivity index (χ1v) is 8.18. The molecule has 0 spiro atoms. The molecule has 3 heteroatoms. The van der Waals surface area contributed by atoms with Crippen LogP contribution in [0.1, 0.15) is 38.8 Å². The van der Waals surface area contributed by atoms with Crippen molar-refractivity contribution in [1.82, 2.24) is 0 Å². The maximum atomic E-state index is 10.4. The minimum atomic E-state index is 0.148. The molecule has 23 heavy (non-hydrogen) atoms. The maximum absolute atomic E-state index is 10.4. The number of para-hydroxylation sites is 2. The zero-order valence-electron chi connectivity index (χ0n) is 14.3. The fraction of sp³-hybridized carbons (Fsp3) is 0.400. The van der Waals surface area contributed by atoms with E-state index >= 15 is 0 Å². The Balaban J connectivity index is 2.29. The molecule has 2 N–H and O–H groups in total. The molecule has 0 aliphatic heterocycles. The number of benzene rings is 2. The predicted octanol–water partition coefficient (Wildman–Crippen LogP) is 5.29. The van der Waals surface area contributed by atoms with Gasteiger partial charge in [0.05, 0.1) is 0 Å². The van der Waals surface area contributed by atoms with Crippen LogP contribution in [-0.4, -0.2) is 10.2 Å². The third-order valence-corrected chi connectivity index (χ3v) is 3.64. The molecule has 0 aliphatic carbocycles. The van der Waals surface area contributed by atoms with Gasteiger partial charge in [0.1, 0.15) is 0 Å². The molecule has 0 bridgehead atoms. The zero-order valence-corrected chi connectivity index (χ0v) is 14.3. The molecule has 0 radical (unpaired) electrons. The molecular weight excluding hydrogens is 288 g/mol. The van der Waals surface area contributed by atoms with Crippen molar-refractivity contribution in [3.05, 3.63) is 47.5 Å². The lowest BCUT2D eigenvalue weighted by Gasteiger charge is -2.15. The Hall–Kier alpha value is -2.16. The Morgan fingerprint density at radius 2 is 1.13 bits per heavy atom. The minimum absolute atomic E-state index is 0.148. The number of phenols is 2. The third kappa shape index (κ3) is 4.41. The van der Waals surface area contributed by atoms with E-state index in [0.29, 0.717) is 23.3 Å². The highest BCUT2D eigenvalue weighted by molar-refractivity contribution is 5.52. The summed E-state index contributed by atoms with van der Waals surface area (Å²) < 4.78 is 5.78. The highest BCUT2D eigenvalue weighted by Crippen LogP contribution is 2.39. The summed E-state index contributed by atoms with van der Waals surface area (Å²) in [6.45, 7) is 8.42. The van der Waals surface area contributed by atoms with Gasteiger partial charge in [-0.2, -0.15) is 0 Å². The standard InChI is InChI=1S/C20H26O3/c1-13(2)11-15-7-5-9-17(19(15)21)23-18-10-6-8-16(20(18)22)12-14(3)4/h5-10,13-14,21-22H,11-12H2,1-4H3. The van der Waals surface area contributed by atoms with E-state index in [1.165, 1.54) is 0 Å². The van der Waals surface area contributed by atoms with Crippen molar-refractivity contribution in [2.75, 3.05) is 0 Å². The number of aromatic hydroxyl groups is 2. The highest BCUT2D eigenvalue weighted by atomic mass is 16.5. The molecule has 0 aliphatic rings. The molecule has 2 aromatic rings. The Labute approximate surface area is 138 Å². The number of hydrogen-bond acceptors (Lipinski definition) is 3. The molecular formula is C20H26O3. The summed E-state index contributed by atoms with van der Waals surface area (Å²) in [4.78, 5) is 0. The van der Waals surface area contributed by atoms with Gasteiger partial charge in [0.15, 0.2) is 23.0 Å². The number of ether oxygens (including phenoxy) is 1. The zero-order chi connectivity index (χ0) is 17.0. The van der Waals surface area contributed by atoms with Gasteiger partial charge in [0, 0.05) is 0 Å². The Kier molecular flexibility index (Phi) is 5.54. The molecule has 0 atom stereocenters. The predicted molar refractivity (Wildman–Crippen MR) is 93.4 cm³/mol. The Bertz CT molecular complexity index is 602. The molecule has 0 saturated heterocycles. The molecule has 3 nitrogen and oxygen atoms in total. The average molecular weight is 314 g/mol. The van der Waals surface area contributed by atoms with Gasteiger partial charge in [-0.05, 0) is 47.9 Å². The summed E-state index contributed by atoms with van der Waals surface area (Å²) in [6, 6.07) is 11.0. The third-order valence-electron chi connectivity index (χ3n) is 3.64. The van der Waals surface area contributed by atoms with Crippen molar-refractivity contribution in [2.24, 2.45) is 11.8 Å². The fourth-order valence-electron chi connectivity index (χ4n) is 2.63. The fourth-order valence-corrected chi connectivity index (χ4v) is 2.63. The van der Waals surface area contributed by atoms with E-state index < -0.39 is 0 Å². The van der Waals surface area contributed by atoms with E-state index in [1.54, 1.807) is 12.1 Å². The number of rotatable bonds is 6. The van der Waals surface area contributed by atoms with Gasteiger partial charge < -0.3 is 14.9 Å². The van der Waals surface area contributed by atoms with Crippen molar-refractivity contribution < 1.29 is 14.9 Å². The first-order valence-electron chi connectivity index (χ1n) is 8.18. The van der Waals surface area contributed by atoms with E-state index in [0.717, 1.165) is 24.0 Å². The van der Waals surface area contributed by atoms with Crippen LogP contribution in [0.15, 0.2) is 36.4 Å². The van der Waals surface area contributed by atoms with E-state index in [9.17, 15) is 10.2 Å². The average Bonchev–Trinajstić information content (AvgIpc) is 2.46. The van der Waals surface area contributed by atoms with Crippen molar-refractivity contribution in [2.45, 2.75) is 40.5 Å². The molecule has 2 aromatic carbocycles. The van der Waals surface area contributed by atoms with E-state index in [-0.39, 0.29) is 11.5 Å². The first kappa shape index (κ1) is 17.2. The van der Waals surface area contributed by atoms with Crippen LogP contribution in [0, 0.1) is 11.8 Å². The van der Waals surface area contributed by atoms with Crippen LogP contribution >= 0.6 is 0 Å². The summed E-state index contributed by atoms with van der Waals surface area (Å²) in [6.07, 6.45) is 1.56. The molecule has 0 unspecified atom stereocenters. The van der Waals surface area contributed by atoms with Crippen LogP contribution in [0.3, 0.4) is 0 Å².